The first-order valence-electron chi connectivity index (χ1n) is 7.21. The van der Waals surface area contributed by atoms with E-state index in [-0.39, 0.29) is 6.10 Å². The second-order valence-corrected chi connectivity index (χ2v) is 5.11. The quantitative estimate of drug-likeness (QED) is 0.500. The Morgan fingerprint density at radius 3 is 2.90 bits per heavy atom. The van der Waals surface area contributed by atoms with Crippen LogP contribution in [0.3, 0.4) is 0 Å². The number of aliphatic hydroxyl groups is 1. The van der Waals surface area contributed by atoms with Crippen molar-refractivity contribution in [2.24, 2.45) is 0 Å². The van der Waals surface area contributed by atoms with Crippen LogP contribution >= 0.6 is 0 Å². The number of hydrogen-bond donors (Lipinski definition) is 1. The van der Waals surface area contributed by atoms with Crippen LogP contribution in [0.2, 0.25) is 0 Å². The van der Waals surface area contributed by atoms with Crippen LogP contribution < -0.4 is 0 Å². The Morgan fingerprint density at radius 1 is 1.50 bits per heavy atom. The molecule has 0 aliphatic carbocycles. The number of furan rings is 1. The third-order valence-corrected chi connectivity index (χ3v) is 3.17. The molecule has 1 heterocycles. The molecule has 4 nitrogen and oxygen atoms in total. The van der Waals surface area contributed by atoms with Gasteiger partial charge in [0.2, 0.25) is 0 Å². The third kappa shape index (κ3) is 6.89. The fourth-order valence-electron chi connectivity index (χ4n) is 2.16. The largest absolute Gasteiger partial charge is 0.465 e. The third-order valence-electron chi connectivity index (χ3n) is 3.17. The van der Waals surface area contributed by atoms with Crippen molar-refractivity contribution in [1.82, 2.24) is 4.90 Å². The Balaban J connectivity index is 2.47. The molecular formula is C16H27NO3. The minimum Gasteiger partial charge on any atom is -0.465 e. The molecule has 1 rings (SSSR count). The van der Waals surface area contributed by atoms with E-state index < -0.39 is 0 Å². The van der Waals surface area contributed by atoms with E-state index >= 15 is 0 Å². The van der Waals surface area contributed by atoms with E-state index in [1.807, 2.05) is 25.1 Å². The predicted octanol–water partition coefficient (Wildman–Crippen LogP) is 2.75. The zero-order valence-corrected chi connectivity index (χ0v) is 12.7. The highest BCUT2D eigenvalue weighted by molar-refractivity contribution is 5.05. The first kappa shape index (κ1) is 17.0. The number of hydrogen-bond acceptors (Lipinski definition) is 4. The topological polar surface area (TPSA) is 45.8 Å². The summed E-state index contributed by atoms with van der Waals surface area (Å²) in [5, 5.41) is 10.0. The summed E-state index contributed by atoms with van der Waals surface area (Å²) < 4.78 is 10.7. The van der Waals surface area contributed by atoms with E-state index in [0.29, 0.717) is 6.54 Å². The summed E-state index contributed by atoms with van der Waals surface area (Å²) in [5.41, 5.74) is 0. The van der Waals surface area contributed by atoms with Crippen LogP contribution in [-0.4, -0.2) is 42.9 Å². The zero-order valence-electron chi connectivity index (χ0n) is 12.7. The van der Waals surface area contributed by atoms with Gasteiger partial charge in [0, 0.05) is 26.8 Å². The Hall–Kier alpha value is -1.10. The molecule has 1 N–H and O–H groups in total. The highest BCUT2D eigenvalue weighted by Crippen LogP contribution is 2.11. The van der Waals surface area contributed by atoms with Crippen LogP contribution in [0, 0.1) is 6.92 Å². The first-order valence-corrected chi connectivity index (χ1v) is 7.21. The maximum absolute atomic E-state index is 10.0. The van der Waals surface area contributed by atoms with E-state index in [1.54, 1.807) is 7.11 Å². The van der Waals surface area contributed by atoms with Crippen molar-refractivity contribution in [3.05, 3.63) is 36.3 Å². The normalized spacial score (nSPS) is 12.8. The monoisotopic (exact) mass is 281 g/mol. The van der Waals surface area contributed by atoms with Crippen LogP contribution in [0.5, 0.6) is 0 Å². The van der Waals surface area contributed by atoms with Gasteiger partial charge in [-0.3, -0.25) is 4.90 Å². The summed E-state index contributed by atoms with van der Waals surface area (Å²) in [4.78, 5) is 2.21. The van der Waals surface area contributed by atoms with Crippen LogP contribution in [0.1, 0.15) is 30.8 Å². The van der Waals surface area contributed by atoms with Crippen molar-refractivity contribution in [2.75, 3.05) is 26.8 Å². The molecule has 4 heteroatoms. The smallest absolute Gasteiger partial charge is 0.118 e. The van der Waals surface area contributed by atoms with E-state index in [1.165, 1.54) is 0 Å². The van der Waals surface area contributed by atoms with Crippen molar-refractivity contribution < 1.29 is 14.3 Å². The summed E-state index contributed by atoms with van der Waals surface area (Å²) in [6, 6.07) is 3.96. The molecule has 20 heavy (non-hydrogen) atoms. The Morgan fingerprint density at radius 2 is 2.30 bits per heavy atom. The van der Waals surface area contributed by atoms with Crippen molar-refractivity contribution in [1.29, 1.82) is 0 Å². The Kier molecular flexibility index (Phi) is 8.26. The van der Waals surface area contributed by atoms with E-state index in [0.717, 1.165) is 50.5 Å². The lowest BCUT2D eigenvalue weighted by atomic mass is 10.2. The van der Waals surface area contributed by atoms with Crippen LogP contribution in [0.4, 0.5) is 0 Å². The molecule has 0 aromatic carbocycles. The van der Waals surface area contributed by atoms with Gasteiger partial charge < -0.3 is 14.3 Å². The Labute approximate surface area is 122 Å². The van der Waals surface area contributed by atoms with E-state index in [4.69, 9.17) is 9.15 Å². The van der Waals surface area contributed by atoms with Crippen molar-refractivity contribution in [3.63, 3.8) is 0 Å². The average Bonchev–Trinajstić information content (AvgIpc) is 2.82. The number of nitrogens with zero attached hydrogens (tertiary/aromatic N) is 1. The number of ether oxygens (including phenoxy) is 1. The number of rotatable bonds is 11. The highest BCUT2D eigenvalue weighted by atomic mass is 16.5. The summed E-state index contributed by atoms with van der Waals surface area (Å²) in [7, 11) is 1.71. The maximum Gasteiger partial charge on any atom is 0.118 e. The maximum atomic E-state index is 10.0. The van der Waals surface area contributed by atoms with Gasteiger partial charge >= 0.3 is 0 Å². The molecule has 1 aromatic heterocycles. The first-order chi connectivity index (χ1) is 9.65. The molecule has 114 valence electrons. The molecule has 0 amide bonds. The van der Waals surface area contributed by atoms with Crippen molar-refractivity contribution in [2.45, 2.75) is 38.8 Å². The minimum atomic E-state index is -0.327. The van der Waals surface area contributed by atoms with Gasteiger partial charge in [-0.15, -0.1) is 6.58 Å². The number of methoxy groups -OCH3 is 1. The predicted molar refractivity (Wildman–Crippen MR) is 80.7 cm³/mol. The molecule has 1 unspecified atom stereocenters. The summed E-state index contributed by atoms with van der Waals surface area (Å²) >= 11 is 0. The minimum absolute atomic E-state index is 0.327. The van der Waals surface area contributed by atoms with Crippen molar-refractivity contribution in [3.8, 4) is 0 Å². The molecule has 0 aliphatic heterocycles. The SMILES string of the molecule is C=CCCC(O)CN(CCCOC)Cc1ccc(C)o1. The average molecular weight is 281 g/mol. The molecule has 0 bridgehead atoms. The second kappa shape index (κ2) is 9.75. The van der Waals surface area contributed by atoms with Gasteiger partial charge in [0.15, 0.2) is 0 Å². The lowest BCUT2D eigenvalue weighted by Gasteiger charge is -2.24. The van der Waals surface area contributed by atoms with Crippen LogP contribution in [-0.2, 0) is 11.3 Å². The Bertz CT molecular complexity index is 376. The molecular weight excluding hydrogens is 254 g/mol. The van der Waals surface area contributed by atoms with Crippen LogP contribution in [0.15, 0.2) is 29.2 Å². The fourth-order valence-corrected chi connectivity index (χ4v) is 2.16. The molecule has 0 saturated heterocycles. The molecule has 1 aromatic rings. The molecule has 0 radical (unpaired) electrons. The lowest BCUT2D eigenvalue weighted by molar-refractivity contribution is 0.0903. The summed E-state index contributed by atoms with van der Waals surface area (Å²) in [5.74, 6) is 1.86. The number of aliphatic hydroxyl groups excluding tert-OH is 1. The number of allylic oxidation sites excluding steroid dienone is 1. The van der Waals surface area contributed by atoms with E-state index in [9.17, 15) is 5.11 Å². The van der Waals surface area contributed by atoms with Gasteiger partial charge in [-0.05, 0) is 38.3 Å². The molecule has 0 aliphatic rings. The van der Waals surface area contributed by atoms with E-state index in [2.05, 4.69) is 11.5 Å². The fraction of sp³-hybridized carbons (Fsp3) is 0.625. The second-order valence-electron chi connectivity index (χ2n) is 5.11. The summed E-state index contributed by atoms with van der Waals surface area (Å²) in [6.45, 7) is 8.62. The van der Waals surface area contributed by atoms with Crippen LogP contribution in [0.25, 0.3) is 0 Å². The molecule has 0 spiro atoms. The van der Waals surface area contributed by atoms with Gasteiger partial charge in [0.05, 0.1) is 12.6 Å². The van der Waals surface area contributed by atoms with Gasteiger partial charge in [0.25, 0.3) is 0 Å². The molecule has 0 fully saturated rings. The molecule has 1 atom stereocenters. The zero-order chi connectivity index (χ0) is 14.8. The van der Waals surface area contributed by atoms with Gasteiger partial charge in [-0.2, -0.15) is 0 Å². The highest BCUT2D eigenvalue weighted by Gasteiger charge is 2.13. The molecule has 0 saturated carbocycles. The number of aryl methyl sites for hydroxylation is 1. The van der Waals surface area contributed by atoms with Crippen molar-refractivity contribution >= 4 is 0 Å². The van der Waals surface area contributed by atoms with Gasteiger partial charge in [-0.25, -0.2) is 0 Å². The summed E-state index contributed by atoms with van der Waals surface area (Å²) in [6.07, 6.45) is 4.05. The standard InChI is InChI=1S/C16H27NO3/c1-4-5-7-15(18)12-17(10-6-11-19-3)13-16-9-8-14(2)20-16/h4,8-9,15,18H,1,5-7,10-13H2,2-3H3. The lowest BCUT2D eigenvalue weighted by Crippen LogP contribution is -2.33. The van der Waals surface area contributed by atoms with Gasteiger partial charge in [-0.1, -0.05) is 6.08 Å². The van der Waals surface area contributed by atoms with Gasteiger partial charge in [0.1, 0.15) is 11.5 Å².